The van der Waals surface area contributed by atoms with E-state index in [-0.39, 0.29) is 35.9 Å². The molecule has 0 spiro atoms. The molecule has 2 fully saturated rings. The Labute approximate surface area is 198 Å². The zero-order valence-electron chi connectivity index (χ0n) is 18.7. The number of nitrogens with zero attached hydrogens (tertiary/aromatic N) is 1. The Bertz CT molecular complexity index is 1230. The average Bonchev–Trinajstić information content (AvgIpc) is 3.55. The quantitative estimate of drug-likeness (QED) is 0.291. The number of terminal acetylenes is 1. The molecular formula is C28H23NO5. The molecule has 2 aromatic rings. The molecule has 6 nitrogen and oxygen atoms in total. The van der Waals surface area contributed by atoms with E-state index in [0.717, 1.165) is 11.1 Å². The third-order valence-electron chi connectivity index (χ3n) is 6.37. The standard InChI is InChI=1S/C28H23NO5/c1-3-18-5-7-19(8-6-18)9-10-20-17-21(32-2)11-12-22(20)33-16-4-15-29-27(30)25-23-13-14-24(34-23)26(25)28(29)31/h1,5-8,11-14,17,23-26H,4,15-16H2,2H3. The molecule has 6 heteroatoms. The van der Waals surface area contributed by atoms with Crippen LogP contribution in [0.5, 0.6) is 11.5 Å². The van der Waals surface area contributed by atoms with Gasteiger partial charge < -0.3 is 14.2 Å². The number of fused-ring (bicyclic) bond motifs is 5. The number of hydrogen-bond acceptors (Lipinski definition) is 5. The van der Waals surface area contributed by atoms with E-state index in [0.29, 0.717) is 36.6 Å². The minimum absolute atomic E-state index is 0.140. The first-order valence-electron chi connectivity index (χ1n) is 11.2. The fraction of sp³-hybridized carbons (Fsp3) is 0.286. The first kappa shape index (κ1) is 21.8. The summed E-state index contributed by atoms with van der Waals surface area (Å²) in [6, 6.07) is 12.9. The first-order chi connectivity index (χ1) is 16.6. The van der Waals surface area contributed by atoms with E-state index in [1.807, 2.05) is 48.6 Å². The van der Waals surface area contributed by atoms with Gasteiger partial charge in [-0.1, -0.05) is 29.9 Å². The van der Waals surface area contributed by atoms with Crippen LogP contribution in [0.25, 0.3) is 0 Å². The van der Waals surface area contributed by atoms with Crippen LogP contribution >= 0.6 is 0 Å². The second kappa shape index (κ2) is 9.09. The van der Waals surface area contributed by atoms with Gasteiger partial charge in [-0.25, -0.2) is 0 Å². The topological polar surface area (TPSA) is 65.1 Å². The summed E-state index contributed by atoms with van der Waals surface area (Å²) in [5.41, 5.74) is 2.31. The maximum atomic E-state index is 12.7. The van der Waals surface area contributed by atoms with E-state index in [2.05, 4.69) is 17.8 Å². The lowest BCUT2D eigenvalue weighted by molar-refractivity contribution is -0.142. The van der Waals surface area contributed by atoms with Gasteiger partial charge in [0.05, 0.1) is 43.3 Å². The zero-order valence-corrected chi connectivity index (χ0v) is 18.7. The summed E-state index contributed by atoms with van der Waals surface area (Å²) in [5.74, 6) is 9.09. The number of carbonyl (C=O) groups excluding carboxylic acids is 2. The number of imide groups is 1. The highest BCUT2D eigenvalue weighted by Crippen LogP contribution is 2.45. The van der Waals surface area contributed by atoms with Crippen molar-refractivity contribution < 1.29 is 23.8 Å². The number of hydrogen-bond donors (Lipinski definition) is 0. The number of methoxy groups -OCH3 is 1. The number of ether oxygens (including phenoxy) is 3. The molecule has 5 rings (SSSR count). The van der Waals surface area contributed by atoms with E-state index in [1.54, 1.807) is 13.2 Å². The monoisotopic (exact) mass is 453 g/mol. The molecular weight excluding hydrogens is 430 g/mol. The largest absolute Gasteiger partial charge is 0.497 e. The third kappa shape index (κ3) is 3.94. The molecule has 3 heterocycles. The maximum Gasteiger partial charge on any atom is 0.236 e. The van der Waals surface area contributed by atoms with Crippen LogP contribution in [0.2, 0.25) is 0 Å². The average molecular weight is 453 g/mol. The number of carbonyl (C=O) groups is 2. The normalized spacial score (nSPS) is 23.9. The fourth-order valence-corrected chi connectivity index (χ4v) is 4.64. The highest BCUT2D eigenvalue weighted by Gasteiger charge is 2.60. The summed E-state index contributed by atoms with van der Waals surface area (Å²) in [5, 5.41) is 0. The SMILES string of the molecule is C#Cc1ccc(C#Cc2cc(OC)ccc2OCCCN2C(=O)C3C4C=CC(O4)C3C2=O)cc1. The molecule has 0 N–H and O–H groups in total. The summed E-state index contributed by atoms with van der Waals surface area (Å²) in [6.45, 7) is 0.661. The van der Waals surface area contributed by atoms with Crippen molar-refractivity contribution in [2.75, 3.05) is 20.3 Å². The number of amides is 2. The van der Waals surface area contributed by atoms with Crippen molar-refractivity contribution in [3.63, 3.8) is 0 Å². The molecule has 2 aromatic carbocycles. The Morgan fingerprint density at radius 1 is 0.971 bits per heavy atom. The van der Waals surface area contributed by atoms with Crippen molar-refractivity contribution in [2.45, 2.75) is 18.6 Å². The van der Waals surface area contributed by atoms with Gasteiger partial charge in [-0.3, -0.25) is 14.5 Å². The molecule has 0 aliphatic carbocycles. The maximum absolute atomic E-state index is 12.7. The lowest BCUT2D eigenvalue weighted by atomic mass is 9.85. The molecule has 3 aliphatic rings. The van der Waals surface area contributed by atoms with E-state index < -0.39 is 0 Å². The zero-order chi connectivity index (χ0) is 23.7. The highest BCUT2D eigenvalue weighted by molar-refractivity contribution is 6.06. The first-order valence-corrected chi connectivity index (χ1v) is 11.2. The summed E-state index contributed by atoms with van der Waals surface area (Å²) in [4.78, 5) is 26.9. The molecule has 170 valence electrons. The van der Waals surface area contributed by atoms with Crippen LogP contribution in [0.1, 0.15) is 23.1 Å². The number of benzene rings is 2. The minimum atomic E-state index is -0.374. The molecule has 0 aromatic heterocycles. The summed E-state index contributed by atoms with van der Waals surface area (Å²) < 4.78 is 17.0. The lowest BCUT2D eigenvalue weighted by Crippen LogP contribution is -2.35. The van der Waals surface area contributed by atoms with Gasteiger partial charge in [-0.2, -0.15) is 0 Å². The van der Waals surface area contributed by atoms with Gasteiger partial charge in [-0.05, 0) is 48.9 Å². The van der Waals surface area contributed by atoms with Crippen LogP contribution in [0, 0.1) is 36.0 Å². The second-order valence-electron chi connectivity index (χ2n) is 8.37. The highest BCUT2D eigenvalue weighted by atomic mass is 16.5. The van der Waals surface area contributed by atoms with Crippen LogP contribution in [0.4, 0.5) is 0 Å². The molecule has 34 heavy (non-hydrogen) atoms. The van der Waals surface area contributed by atoms with Gasteiger partial charge >= 0.3 is 0 Å². The summed E-state index contributed by atoms with van der Waals surface area (Å²) in [6.07, 6.45) is 9.16. The lowest BCUT2D eigenvalue weighted by Gasteiger charge is -2.17. The van der Waals surface area contributed by atoms with Gasteiger partial charge in [0.15, 0.2) is 0 Å². The predicted molar refractivity (Wildman–Crippen MR) is 125 cm³/mol. The molecule has 2 amide bonds. The minimum Gasteiger partial charge on any atom is -0.497 e. The van der Waals surface area contributed by atoms with Gasteiger partial charge in [0.25, 0.3) is 0 Å². The summed E-state index contributed by atoms with van der Waals surface area (Å²) >= 11 is 0. The smallest absolute Gasteiger partial charge is 0.236 e. The van der Waals surface area contributed by atoms with Crippen molar-refractivity contribution in [3.05, 3.63) is 71.3 Å². The van der Waals surface area contributed by atoms with Gasteiger partial charge in [0.1, 0.15) is 11.5 Å². The number of rotatable bonds is 6. The molecule has 2 saturated heterocycles. The van der Waals surface area contributed by atoms with Crippen molar-refractivity contribution in [1.82, 2.24) is 4.90 Å². The van der Waals surface area contributed by atoms with Crippen LogP contribution in [-0.2, 0) is 14.3 Å². The Hall–Kier alpha value is -4.00. The molecule has 4 unspecified atom stereocenters. The Morgan fingerprint density at radius 3 is 2.29 bits per heavy atom. The molecule has 4 atom stereocenters. The predicted octanol–water partition coefficient (Wildman–Crippen LogP) is 2.78. The van der Waals surface area contributed by atoms with Crippen LogP contribution in [0.3, 0.4) is 0 Å². The van der Waals surface area contributed by atoms with Crippen LogP contribution < -0.4 is 9.47 Å². The molecule has 0 saturated carbocycles. The fourth-order valence-electron chi connectivity index (χ4n) is 4.64. The van der Waals surface area contributed by atoms with Crippen LogP contribution in [0.15, 0.2) is 54.6 Å². The van der Waals surface area contributed by atoms with E-state index in [9.17, 15) is 9.59 Å². The van der Waals surface area contributed by atoms with Gasteiger partial charge in [0, 0.05) is 17.7 Å². The van der Waals surface area contributed by atoms with Crippen molar-refractivity contribution in [1.29, 1.82) is 0 Å². The van der Waals surface area contributed by atoms with E-state index in [1.165, 1.54) is 4.90 Å². The van der Waals surface area contributed by atoms with Crippen LogP contribution in [-0.4, -0.2) is 49.2 Å². The second-order valence-corrected chi connectivity index (χ2v) is 8.37. The van der Waals surface area contributed by atoms with E-state index >= 15 is 0 Å². The van der Waals surface area contributed by atoms with Gasteiger partial charge in [-0.15, -0.1) is 6.42 Å². The molecule has 3 aliphatic heterocycles. The molecule has 2 bridgehead atoms. The third-order valence-corrected chi connectivity index (χ3v) is 6.37. The van der Waals surface area contributed by atoms with Crippen molar-refractivity contribution >= 4 is 11.8 Å². The summed E-state index contributed by atoms with van der Waals surface area (Å²) in [7, 11) is 1.60. The van der Waals surface area contributed by atoms with E-state index in [4.69, 9.17) is 20.6 Å². The molecule has 0 radical (unpaired) electrons. The Balaban J connectivity index is 1.22. The van der Waals surface area contributed by atoms with Crippen molar-refractivity contribution in [2.24, 2.45) is 11.8 Å². The Kier molecular flexibility index (Phi) is 5.84. The number of likely N-dealkylation sites (tertiary alicyclic amines) is 1. The van der Waals surface area contributed by atoms with Gasteiger partial charge in [0.2, 0.25) is 11.8 Å². The van der Waals surface area contributed by atoms with Crippen molar-refractivity contribution in [3.8, 4) is 35.7 Å². The Morgan fingerprint density at radius 2 is 1.65 bits per heavy atom.